The minimum absolute atomic E-state index is 0.0695. The molecule has 0 bridgehead atoms. The van der Waals surface area contributed by atoms with E-state index < -0.39 is 0 Å². The smallest absolute Gasteiger partial charge is 0.138 e. The molecule has 4 heteroatoms. The molecule has 2 rings (SSSR count). The van der Waals surface area contributed by atoms with Crippen LogP contribution in [0.15, 0.2) is 22.7 Å². The van der Waals surface area contributed by atoms with E-state index in [1.165, 1.54) is 18.9 Å². The molecule has 1 N–H and O–H groups in total. The molecule has 1 atom stereocenters. The minimum Gasteiger partial charge on any atom is -0.315 e. The zero-order chi connectivity index (χ0) is 13.1. The number of nitrogens with one attached hydrogen (secondary N) is 1. The normalized spacial score (nSPS) is 16.6. The Hall–Kier alpha value is -0.740. The van der Waals surface area contributed by atoms with Crippen LogP contribution in [0.4, 0.5) is 4.39 Å². The van der Waals surface area contributed by atoms with Gasteiger partial charge in [-0.05, 0) is 65.9 Å². The van der Waals surface area contributed by atoms with Crippen molar-refractivity contribution in [3.8, 4) is 0 Å². The van der Waals surface area contributed by atoms with Gasteiger partial charge in [0.1, 0.15) is 11.6 Å². The van der Waals surface area contributed by atoms with E-state index in [9.17, 15) is 9.18 Å². The summed E-state index contributed by atoms with van der Waals surface area (Å²) in [5.74, 6) is 0.270. The van der Waals surface area contributed by atoms with Crippen LogP contribution in [0.3, 0.4) is 0 Å². The van der Waals surface area contributed by atoms with Crippen molar-refractivity contribution in [1.82, 2.24) is 5.32 Å². The first-order valence-electron chi connectivity index (χ1n) is 6.24. The summed E-state index contributed by atoms with van der Waals surface area (Å²) in [6, 6.07) is 4.90. The Labute approximate surface area is 115 Å². The van der Waals surface area contributed by atoms with Crippen molar-refractivity contribution in [3.63, 3.8) is 0 Å². The van der Waals surface area contributed by atoms with E-state index >= 15 is 0 Å². The average molecular weight is 314 g/mol. The summed E-state index contributed by atoms with van der Waals surface area (Å²) in [7, 11) is 0. The highest BCUT2D eigenvalue weighted by molar-refractivity contribution is 9.10. The highest BCUT2D eigenvalue weighted by Gasteiger charge is 2.22. The maximum Gasteiger partial charge on any atom is 0.138 e. The van der Waals surface area contributed by atoms with Crippen LogP contribution in [-0.4, -0.2) is 18.9 Å². The Kier molecular flexibility index (Phi) is 4.51. The summed E-state index contributed by atoms with van der Waals surface area (Å²) in [4.78, 5) is 11.7. The van der Waals surface area contributed by atoms with Gasteiger partial charge >= 0.3 is 0 Å². The summed E-state index contributed by atoms with van der Waals surface area (Å²) in [6.45, 7) is 3.11. The van der Waals surface area contributed by atoms with Gasteiger partial charge in [0.25, 0.3) is 0 Å². The number of carbonyl (C=O) groups is 1. The second kappa shape index (κ2) is 5.93. The van der Waals surface area contributed by atoms with Crippen molar-refractivity contribution in [2.75, 3.05) is 13.1 Å². The second-order valence-corrected chi connectivity index (χ2v) is 5.79. The Morgan fingerprint density at radius 2 is 2.28 bits per heavy atom. The first-order chi connectivity index (χ1) is 8.58. The lowest BCUT2D eigenvalue weighted by Crippen LogP contribution is -2.27. The second-order valence-electron chi connectivity index (χ2n) is 4.94. The first kappa shape index (κ1) is 13.7. The number of ketones is 1. The summed E-state index contributed by atoms with van der Waals surface area (Å²) >= 11 is 3.12. The third-order valence-electron chi connectivity index (χ3n) is 3.32. The van der Waals surface area contributed by atoms with Gasteiger partial charge < -0.3 is 5.32 Å². The maximum atomic E-state index is 13.5. The van der Waals surface area contributed by atoms with Crippen molar-refractivity contribution in [3.05, 3.63) is 34.1 Å². The zero-order valence-corrected chi connectivity index (χ0v) is 12.0. The summed E-state index contributed by atoms with van der Waals surface area (Å²) in [5, 5.41) is 3.31. The zero-order valence-electron chi connectivity index (χ0n) is 10.4. The van der Waals surface area contributed by atoms with Crippen LogP contribution in [0.1, 0.15) is 31.2 Å². The van der Waals surface area contributed by atoms with Gasteiger partial charge in [-0.25, -0.2) is 4.39 Å². The summed E-state index contributed by atoms with van der Waals surface area (Å²) < 4.78 is 13.9. The van der Waals surface area contributed by atoms with E-state index in [0.29, 0.717) is 11.0 Å². The van der Waals surface area contributed by atoms with Crippen molar-refractivity contribution in [1.29, 1.82) is 0 Å². The number of rotatable bonds is 6. The molecule has 1 aromatic carbocycles. The average Bonchev–Trinajstić information content (AvgIpc) is 3.12. The number of benzene rings is 1. The molecule has 1 aliphatic carbocycles. The van der Waals surface area contributed by atoms with Crippen molar-refractivity contribution in [2.24, 2.45) is 5.92 Å². The quantitative estimate of drug-likeness (QED) is 0.873. The molecule has 1 aliphatic rings. The van der Waals surface area contributed by atoms with E-state index in [1.807, 2.05) is 0 Å². The number of carbonyl (C=O) groups excluding carboxylic acids is 1. The van der Waals surface area contributed by atoms with E-state index in [2.05, 4.69) is 21.2 Å². The van der Waals surface area contributed by atoms with Crippen LogP contribution < -0.4 is 5.32 Å². The summed E-state index contributed by atoms with van der Waals surface area (Å²) in [5.41, 5.74) is 0.742. The monoisotopic (exact) mass is 313 g/mol. The number of halogens is 2. The van der Waals surface area contributed by atoms with Gasteiger partial charge in [-0.3, -0.25) is 4.79 Å². The molecule has 0 amide bonds. The van der Waals surface area contributed by atoms with Crippen molar-refractivity contribution in [2.45, 2.75) is 25.7 Å². The van der Waals surface area contributed by atoms with Crippen molar-refractivity contribution >= 4 is 21.7 Å². The van der Waals surface area contributed by atoms with Gasteiger partial charge in [0.05, 0.1) is 10.4 Å². The van der Waals surface area contributed by atoms with E-state index in [1.54, 1.807) is 19.1 Å². The molecular weight excluding hydrogens is 297 g/mol. The van der Waals surface area contributed by atoms with Crippen LogP contribution >= 0.6 is 15.9 Å². The van der Waals surface area contributed by atoms with Gasteiger partial charge in [-0.1, -0.05) is 6.07 Å². The first-order valence-corrected chi connectivity index (χ1v) is 7.03. The fraction of sp³-hybridized carbons (Fsp3) is 0.500. The lowest BCUT2D eigenvalue weighted by molar-refractivity contribution is -0.118. The van der Waals surface area contributed by atoms with Crippen molar-refractivity contribution < 1.29 is 9.18 Å². The third-order valence-corrected chi connectivity index (χ3v) is 3.96. The van der Waals surface area contributed by atoms with Gasteiger partial charge in [0.15, 0.2) is 0 Å². The molecule has 0 radical (unpaired) electrons. The SMILES string of the molecule is CC(=O)C(CNCC1CC1)c1ccc(Br)c(F)c1. The molecule has 0 aromatic heterocycles. The molecule has 1 unspecified atom stereocenters. The van der Waals surface area contributed by atoms with Crippen LogP contribution in [-0.2, 0) is 4.79 Å². The fourth-order valence-corrected chi connectivity index (χ4v) is 2.23. The van der Waals surface area contributed by atoms with Gasteiger partial charge in [-0.2, -0.15) is 0 Å². The molecule has 2 nitrogen and oxygen atoms in total. The topological polar surface area (TPSA) is 29.1 Å². The molecule has 18 heavy (non-hydrogen) atoms. The number of Topliss-reactive ketones (excluding diaryl/α,β-unsaturated/α-hetero) is 1. The lowest BCUT2D eigenvalue weighted by atomic mass is 9.95. The molecule has 0 aliphatic heterocycles. The molecule has 0 heterocycles. The Bertz CT molecular complexity index is 445. The molecule has 98 valence electrons. The predicted molar refractivity (Wildman–Crippen MR) is 73.1 cm³/mol. The van der Waals surface area contributed by atoms with Gasteiger partial charge in [-0.15, -0.1) is 0 Å². The highest BCUT2D eigenvalue weighted by Crippen LogP contribution is 2.28. The number of hydrogen-bond acceptors (Lipinski definition) is 2. The molecule has 1 saturated carbocycles. The van der Waals surface area contributed by atoms with E-state index in [-0.39, 0.29) is 17.5 Å². The molecule has 0 saturated heterocycles. The molecular formula is C14H17BrFNO. The Balaban J connectivity index is 2.02. The molecule has 1 fully saturated rings. The third kappa shape index (κ3) is 3.62. The van der Waals surface area contributed by atoms with E-state index in [0.717, 1.165) is 18.0 Å². The maximum absolute atomic E-state index is 13.5. The lowest BCUT2D eigenvalue weighted by Gasteiger charge is -2.15. The van der Waals surface area contributed by atoms with Gasteiger partial charge in [0.2, 0.25) is 0 Å². The van der Waals surface area contributed by atoms with Crippen LogP contribution in [0.2, 0.25) is 0 Å². The number of hydrogen-bond donors (Lipinski definition) is 1. The molecule has 1 aromatic rings. The summed E-state index contributed by atoms with van der Waals surface area (Å²) in [6.07, 6.45) is 2.56. The Morgan fingerprint density at radius 3 is 2.83 bits per heavy atom. The Morgan fingerprint density at radius 1 is 1.56 bits per heavy atom. The van der Waals surface area contributed by atoms with Crippen LogP contribution in [0, 0.1) is 11.7 Å². The largest absolute Gasteiger partial charge is 0.315 e. The standard InChI is InChI=1S/C14H17BrFNO/c1-9(18)12(8-17-7-10-2-3-10)11-4-5-13(15)14(16)6-11/h4-6,10,12,17H,2-3,7-8H2,1H3. The van der Waals surface area contributed by atoms with Gasteiger partial charge in [0, 0.05) is 6.54 Å². The minimum atomic E-state index is -0.319. The van der Waals surface area contributed by atoms with Crippen LogP contribution in [0.5, 0.6) is 0 Å². The molecule has 0 spiro atoms. The van der Waals surface area contributed by atoms with E-state index in [4.69, 9.17) is 0 Å². The fourth-order valence-electron chi connectivity index (χ4n) is 1.98. The highest BCUT2D eigenvalue weighted by atomic mass is 79.9. The van der Waals surface area contributed by atoms with Crippen LogP contribution in [0.25, 0.3) is 0 Å². The predicted octanol–water partition coefficient (Wildman–Crippen LogP) is 3.26.